The van der Waals surface area contributed by atoms with Crippen LogP contribution in [-0.2, 0) is 24.3 Å². The van der Waals surface area contributed by atoms with Crippen LogP contribution in [0.4, 0.5) is 0 Å². The Morgan fingerprint density at radius 2 is 1.93 bits per heavy atom. The van der Waals surface area contributed by atoms with Crippen LogP contribution in [0.25, 0.3) is 0 Å². The van der Waals surface area contributed by atoms with E-state index >= 15 is 0 Å². The number of esters is 1. The number of fused-ring (bicyclic) bond motifs is 1. The maximum atomic E-state index is 12.8. The fourth-order valence-electron chi connectivity index (χ4n) is 3.43. The van der Waals surface area contributed by atoms with Crippen molar-refractivity contribution in [1.82, 2.24) is 10.2 Å². The lowest BCUT2D eigenvalue weighted by atomic mass is 10.0. The Balaban J connectivity index is 1.82. The molecule has 0 radical (unpaired) electrons. The maximum Gasteiger partial charge on any atom is 0.329 e. The number of likely N-dealkylation sites (tertiary alicyclic amines) is 1. The summed E-state index contributed by atoms with van der Waals surface area (Å²) >= 11 is 0. The SMILES string of the molecule is CC(C)NC(=O)[C@@H](C)OC(=O)[C@H]1CCCCN1C1=NS(=O)(=O)c2ccccc21. The molecule has 152 valence electrons. The van der Waals surface area contributed by atoms with Crippen LogP contribution in [0.3, 0.4) is 0 Å². The Morgan fingerprint density at radius 1 is 1.21 bits per heavy atom. The van der Waals surface area contributed by atoms with Gasteiger partial charge in [-0.1, -0.05) is 12.1 Å². The molecule has 1 amide bonds. The number of carbonyl (C=O) groups excluding carboxylic acids is 2. The molecule has 0 bridgehead atoms. The monoisotopic (exact) mass is 407 g/mol. The average Bonchev–Trinajstić information content (AvgIpc) is 2.92. The zero-order valence-corrected chi connectivity index (χ0v) is 17.0. The second kappa shape index (κ2) is 7.90. The highest BCUT2D eigenvalue weighted by Gasteiger charge is 2.39. The van der Waals surface area contributed by atoms with E-state index in [1.54, 1.807) is 23.1 Å². The van der Waals surface area contributed by atoms with Gasteiger partial charge < -0.3 is 15.0 Å². The summed E-state index contributed by atoms with van der Waals surface area (Å²) in [7, 11) is -3.77. The number of sulfonamides is 1. The van der Waals surface area contributed by atoms with Crippen molar-refractivity contribution in [3.05, 3.63) is 29.8 Å². The van der Waals surface area contributed by atoms with Gasteiger partial charge in [-0.2, -0.15) is 8.42 Å². The van der Waals surface area contributed by atoms with Crippen LogP contribution in [0.5, 0.6) is 0 Å². The lowest BCUT2D eigenvalue weighted by Gasteiger charge is -2.35. The molecule has 1 aromatic carbocycles. The van der Waals surface area contributed by atoms with Crippen molar-refractivity contribution in [3.8, 4) is 0 Å². The molecular weight excluding hydrogens is 382 g/mol. The summed E-state index contributed by atoms with van der Waals surface area (Å²) in [6.07, 6.45) is 1.21. The third-order valence-corrected chi connectivity index (χ3v) is 6.08. The highest BCUT2D eigenvalue weighted by atomic mass is 32.2. The van der Waals surface area contributed by atoms with E-state index in [1.807, 2.05) is 13.8 Å². The van der Waals surface area contributed by atoms with Crippen molar-refractivity contribution in [3.63, 3.8) is 0 Å². The Morgan fingerprint density at radius 3 is 2.64 bits per heavy atom. The lowest BCUT2D eigenvalue weighted by Crippen LogP contribution is -2.50. The minimum absolute atomic E-state index is 0.0608. The zero-order valence-electron chi connectivity index (χ0n) is 16.2. The Kier molecular flexibility index (Phi) is 5.74. The molecule has 0 saturated carbocycles. The van der Waals surface area contributed by atoms with E-state index in [-0.39, 0.29) is 22.7 Å². The number of carbonyl (C=O) groups is 2. The van der Waals surface area contributed by atoms with E-state index in [1.165, 1.54) is 13.0 Å². The van der Waals surface area contributed by atoms with Crippen LogP contribution in [-0.4, -0.2) is 55.8 Å². The predicted octanol–water partition coefficient (Wildman–Crippen LogP) is 1.45. The Hall–Kier alpha value is -2.42. The zero-order chi connectivity index (χ0) is 20.5. The van der Waals surface area contributed by atoms with Crippen molar-refractivity contribution in [2.45, 2.75) is 63.1 Å². The van der Waals surface area contributed by atoms with E-state index in [0.717, 1.165) is 12.8 Å². The fraction of sp³-hybridized carbons (Fsp3) is 0.526. The second-order valence-electron chi connectivity index (χ2n) is 7.33. The number of benzene rings is 1. The minimum atomic E-state index is -3.77. The molecule has 1 aromatic rings. The third kappa shape index (κ3) is 4.04. The molecule has 0 spiro atoms. The predicted molar refractivity (Wildman–Crippen MR) is 103 cm³/mol. The van der Waals surface area contributed by atoms with E-state index in [9.17, 15) is 18.0 Å². The molecule has 28 heavy (non-hydrogen) atoms. The maximum absolute atomic E-state index is 12.8. The standard InChI is InChI=1S/C19H25N3O5S/c1-12(2)20-18(23)13(3)27-19(24)15-9-6-7-11-22(15)17-14-8-4-5-10-16(14)28(25,26)21-17/h4-5,8,10,12-13,15H,6-7,9,11H2,1-3H3,(H,20,23)/t13-,15-/m1/s1. The molecule has 2 heterocycles. The minimum Gasteiger partial charge on any atom is -0.451 e. The molecule has 2 aliphatic rings. The van der Waals surface area contributed by atoms with E-state index in [2.05, 4.69) is 9.71 Å². The molecule has 2 atom stereocenters. The largest absolute Gasteiger partial charge is 0.451 e. The van der Waals surface area contributed by atoms with Gasteiger partial charge >= 0.3 is 5.97 Å². The quantitative estimate of drug-likeness (QED) is 0.758. The van der Waals surface area contributed by atoms with Crippen LogP contribution in [0.1, 0.15) is 45.6 Å². The molecule has 1 N–H and O–H groups in total. The van der Waals surface area contributed by atoms with Crippen LogP contribution in [0, 0.1) is 0 Å². The van der Waals surface area contributed by atoms with E-state index < -0.39 is 28.1 Å². The number of hydrogen-bond donors (Lipinski definition) is 1. The molecule has 0 aromatic heterocycles. The van der Waals surface area contributed by atoms with Gasteiger partial charge in [0, 0.05) is 18.2 Å². The van der Waals surface area contributed by atoms with Gasteiger partial charge in [-0.25, -0.2) is 4.79 Å². The van der Waals surface area contributed by atoms with E-state index in [4.69, 9.17) is 4.74 Å². The summed E-state index contributed by atoms with van der Waals surface area (Å²) in [6, 6.07) is 5.85. The topological polar surface area (TPSA) is 105 Å². The van der Waals surface area contributed by atoms with Gasteiger partial charge in [-0.05, 0) is 52.2 Å². The van der Waals surface area contributed by atoms with E-state index in [0.29, 0.717) is 18.5 Å². The first-order valence-electron chi connectivity index (χ1n) is 9.42. The van der Waals surface area contributed by atoms with Gasteiger partial charge in [0.25, 0.3) is 15.9 Å². The first-order valence-corrected chi connectivity index (χ1v) is 10.9. The van der Waals surface area contributed by atoms with Crippen molar-refractivity contribution >= 4 is 27.7 Å². The highest BCUT2D eigenvalue weighted by molar-refractivity contribution is 7.90. The summed E-state index contributed by atoms with van der Waals surface area (Å²) in [5, 5.41) is 2.71. The van der Waals surface area contributed by atoms with Gasteiger partial charge in [0.05, 0.1) is 0 Å². The molecule has 8 nitrogen and oxygen atoms in total. The van der Waals surface area contributed by atoms with Crippen LogP contribution < -0.4 is 5.32 Å². The number of amidine groups is 1. The number of nitrogens with one attached hydrogen (secondary N) is 1. The van der Waals surface area contributed by atoms with Crippen LogP contribution >= 0.6 is 0 Å². The molecule has 3 rings (SSSR count). The van der Waals surface area contributed by atoms with Crippen LogP contribution in [0.15, 0.2) is 33.6 Å². The number of ether oxygens (including phenoxy) is 1. The number of nitrogens with zero attached hydrogens (tertiary/aromatic N) is 2. The van der Waals surface area contributed by atoms with Crippen molar-refractivity contribution in [2.24, 2.45) is 4.40 Å². The van der Waals surface area contributed by atoms with Crippen molar-refractivity contribution in [2.75, 3.05) is 6.54 Å². The first kappa shape index (κ1) is 20.3. The Bertz CT molecular complexity index is 910. The molecule has 0 unspecified atom stereocenters. The lowest BCUT2D eigenvalue weighted by molar-refractivity contribution is -0.159. The fourth-order valence-corrected chi connectivity index (χ4v) is 4.65. The summed E-state index contributed by atoms with van der Waals surface area (Å²) in [5.74, 6) is -0.635. The molecule has 0 aliphatic carbocycles. The third-order valence-electron chi connectivity index (χ3n) is 4.75. The second-order valence-corrected chi connectivity index (χ2v) is 8.91. The average molecular weight is 407 g/mol. The van der Waals surface area contributed by atoms with Gasteiger partial charge in [-0.15, -0.1) is 4.40 Å². The number of rotatable bonds is 4. The van der Waals surface area contributed by atoms with Gasteiger partial charge in [0.2, 0.25) is 0 Å². The highest BCUT2D eigenvalue weighted by Crippen LogP contribution is 2.31. The normalized spacial score (nSPS) is 21.6. The number of piperidine rings is 1. The number of hydrogen-bond acceptors (Lipinski definition) is 6. The summed E-state index contributed by atoms with van der Waals surface area (Å²) < 4.78 is 34.0. The molecular formula is C19H25N3O5S. The van der Waals surface area contributed by atoms with Gasteiger partial charge in [-0.3, -0.25) is 4.79 Å². The molecule has 1 fully saturated rings. The molecule has 2 aliphatic heterocycles. The molecule has 1 saturated heterocycles. The van der Waals surface area contributed by atoms with Crippen LogP contribution in [0.2, 0.25) is 0 Å². The van der Waals surface area contributed by atoms with Gasteiger partial charge in [0.1, 0.15) is 10.9 Å². The smallest absolute Gasteiger partial charge is 0.329 e. The summed E-state index contributed by atoms with van der Waals surface area (Å²) in [4.78, 5) is 26.7. The Labute approximate surface area is 165 Å². The molecule has 9 heteroatoms. The first-order chi connectivity index (χ1) is 13.2. The van der Waals surface area contributed by atoms with Gasteiger partial charge in [0.15, 0.2) is 11.9 Å². The summed E-state index contributed by atoms with van der Waals surface area (Å²) in [5.41, 5.74) is 0.493. The van der Waals surface area contributed by atoms with Crippen molar-refractivity contribution < 1.29 is 22.7 Å². The van der Waals surface area contributed by atoms with Crippen molar-refractivity contribution in [1.29, 1.82) is 0 Å². The number of amides is 1. The summed E-state index contributed by atoms with van der Waals surface area (Å²) in [6.45, 7) is 5.67.